The fourth-order valence-electron chi connectivity index (χ4n) is 1.49. The molecule has 1 amide bonds. The number of anilines is 1. The Kier molecular flexibility index (Phi) is 4.10. The molecule has 92 valence electrons. The molecule has 0 aliphatic heterocycles. The maximum Gasteiger partial charge on any atom is 0.225 e. The van der Waals surface area contributed by atoms with Crippen molar-refractivity contribution in [3.63, 3.8) is 0 Å². The second-order valence-corrected chi connectivity index (χ2v) is 4.72. The van der Waals surface area contributed by atoms with Gasteiger partial charge in [0, 0.05) is 23.6 Å². The van der Waals surface area contributed by atoms with Crippen LogP contribution in [0.25, 0.3) is 0 Å². The first kappa shape index (κ1) is 12.3. The number of nitrogens with one attached hydrogen (secondary N) is 1. The van der Waals surface area contributed by atoms with Crippen molar-refractivity contribution in [2.45, 2.75) is 19.4 Å². The van der Waals surface area contributed by atoms with Gasteiger partial charge in [-0.05, 0) is 17.9 Å². The molecule has 2 heterocycles. The Labute approximate surface area is 109 Å². The van der Waals surface area contributed by atoms with E-state index in [4.69, 9.17) is 5.26 Å². The Morgan fingerprint density at radius 1 is 1.56 bits per heavy atom. The smallest absolute Gasteiger partial charge is 0.225 e. The van der Waals surface area contributed by atoms with Crippen molar-refractivity contribution in [2.24, 2.45) is 0 Å². The van der Waals surface area contributed by atoms with Gasteiger partial charge in [-0.15, -0.1) is 11.3 Å². The molecule has 0 bridgehead atoms. The van der Waals surface area contributed by atoms with Crippen LogP contribution in [0, 0.1) is 11.3 Å². The highest BCUT2D eigenvalue weighted by Crippen LogP contribution is 2.11. The molecule has 2 aromatic heterocycles. The fourth-order valence-corrected chi connectivity index (χ4v) is 2.19. The van der Waals surface area contributed by atoms with E-state index in [1.165, 1.54) is 9.56 Å². The second-order valence-electron chi connectivity index (χ2n) is 3.68. The average Bonchev–Trinajstić information content (AvgIpc) is 2.99. The van der Waals surface area contributed by atoms with Crippen LogP contribution in [0.3, 0.4) is 0 Å². The number of rotatable bonds is 5. The summed E-state index contributed by atoms with van der Waals surface area (Å²) in [6, 6.07) is 7.65. The summed E-state index contributed by atoms with van der Waals surface area (Å²) in [4.78, 5) is 12.8. The van der Waals surface area contributed by atoms with E-state index in [1.807, 2.05) is 23.6 Å². The number of aromatic nitrogens is 2. The highest BCUT2D eigenvalue weighted by Gasteiger charge is 2.05. The minimum atomic E-state index is -0.0643. The number of carbonyl (C=O) groups excluding carboxylic acids is 1. The van der Waals surface area contributed by atoms with Crippen molar-refractivity contribution < 1.29 is 4.79 Å². The Morgan fingerprint density at radius 3 is 3.17 bits per heavy atom. The maximum absolute atomic E-state index is 11.7. The number of hydrogen-bond donors (Lipinski definition) is 1. The third-order valence-electron chi connectivity index (χ3n) is 2.32. The van der Waals surface area contributed by atoms with Crippen molar-refractivity contribution in [3.05, 3.63) is 34.7 Å². The number of thiophene rings is 1. The van der Waals surface area contributed by atoms with Gasteiger partial charge in [0.1, 0.15) is 6.54 Å². The van der Waals surface area contributed by atoms with Crippen molar-refractivity contribution >= 4 is 23.1 Å². The van der Waals surface area contributed by atoms with Gasteiger partial charge in [0.05, 0.1) is 6.07 Å². The molecule has 18 heavy (non-hydrogen) atoms. The third kappa shape index (κ3) is 3.43. The second kappa shape index (κ2) is 5.98. The van der Waals surface area contributed by atoms with Crippen LogP contribution in [0.1, 0.15) is 11.3 Å². The summed E-state index contributed by atoms with van der Waals surface area (Å²) in [6.07, 6.45) is 2.84. The van der Waals surface area contributed by atoms with Gasteiger partial charge in [-0.1, -0.05) is 6.07 Å². The molecule has 6 heteroatoms. The van der Waals surface area contributed by atoms with Crippen LogP contribution in [-0.4, -0.2) is 15.7 Å². The van der Waals surface area contributed by atoms with E-state index in [1.54, 1.807) is 23.6 Å². The number of amides is 1. The van der Waals surface area contributed by atoms with E-state index >= 15 is 0 Å². The molecule has 0 spiro atoms. The van der Waals surface area contributed by atoms with Crippen molar-refractivity contribution in [3.8, 4) is 6.07 Å². The van der Waals surface area contributed by atoms with E-state index in [-0.39, 0.29) is 12.5 Å². The van der Waals surface area contributed by atoms with Crippen LogP contribution in [-0.2, 0) is 17.8 Å². The first-order chi connectivity index (χ1) is 8.78. The van der Waals surface area contributed by atoms with Crippen molar-refractivity contribution in [1.82, 2.24) is 9.78 Å². The molecule has 0 radical (unpaired) electrons. The molecule has 0 saturated carbocycles. The molecule has 2 rings (SSSR count). The summed E-state index contributed by atoms with van der Waals surface area (Å²) in [7, 11) is 0. The monoisotopic (exact) mass is 260 g/mol. The molecule has 0 atom stereocenters. The van der Waals surface area contributed by atoms with Crippen LogP contribution in [0.15, 0.2) is 29.8 Å². The highest BCUT2D eigenvalue weighted by molar-refractivity contribution is 7.09. The quantitative estimate of drug-likeness (QED) is 0.894. The van der Waals surface area contributed by atoms with Gasteiger partial charge in [-0.25, -0.2) is 0 Å². The molecule has 0 saturated heterocycles. The van der Waals surface area contributed by atoms with Crippen molar-refractivity contribution in [1.29, 1.82) is 5.26 Å². The normalized spacial score (nSPS) is 9.94. The Bertz CT molecular complexity index is 553. The minimum Gasteiger partial charge on any atom is -0.309 e. The largest absolute Gasteiger partial charge is 0.309 e. The molecule has 1 N–H and O–H groups in total. The molecule has 0 aliphatic rings. The van der Waals surface area contributed by atoms with E-state index in [0.717, 1.165) is 6.42 Å². The molecule has 0 fully saturated rings. The fraction of sp³-hybridized carbons (Fsp3) is 0.250. The van der Waals surface area contributed by atoms with Crippen LogP contribution < -0.4 is 5.32 Å². The van der Waals surface area contributed by atoms with E-state index in [0.29, 0.717) is 12.2 Å². The summed E-state index contributed by atoms with van der Waals surface area (Å²) in [5.74, 6) is 0.423. The number of nitrogens with zero attached hydrogens (tertiary/aromatic N) is 3. The van der Waals surface area contributed by atoms with Crippen molar-refractivity contribution in [2.75, 3.05) is 5.32 Å². The zero-order valence-corrected chi connectivity index (χ0v) is 10.5. The molecular formula is C12H12N4OS. The lowest BCUT2D eigenvalue weighted by Gasteiger charge is -2.00. The van der Waals surface area contributed by atoms with Crippen LogP contribution >= 0.6 is 11.3 Å². The molecule has 0 aliphatic carbocycles. The predicted molar refractivity (Wildman–Crippen MR) is 69.1 cm³/mol. The molecule has 0 aromatic carbocycles. The molecule has 5 nitrogen and oxygen atoms in total. The number of hydrogen-bond acceptors (Lipinski definition) is 4. The van der Waals surface area contributed by atoms with Gasteiger partial charge in [0.2, 0.25) is 5.91 Å². The van der Waals surface area contributed by atoms with E-state index in [2.05, 4.69) is 10.4 Å². The topological polar surface area (TPSA) is 70.7 Å². The van der Waals surface area contributed by atoms with E-state index < -0.39 is 0 Å². The summed E-state index contributed by atoms with van der Waals surface area (Å²) in [5.41, 5.74) is 0. The Balaban J connectivity index is 1.81. The zero-order valence-electron chi connectivity index (χ0n) is 9.67. The van der Waals surface area contributed by atoms with Gasteiger partial charge in [-0.2, -0.15) is 10.4 Å². The number of nitriles is 1. The van der Waals surface area contributed by atoms with Crippen LogP contribution in [0.4, 0.5) is 5.82 Å². The standard InChI is InChI=1S/C12H12N4OS/c13-6-8-16-7-5-11(15-16)14-12(17)4-3-10-2-1-9-18-10/h1-2,5,7,9H,3-4,8H2,(H,14,15,17). The maximum atomic E-state index is 11.7. The summed E-state index contributed by atoms with van der Waals surface area (Å²) >= 11 is 1.65. The van der Waals surface area contributed by atoms with Crippen LogP contribution in [0.2, 0.25) is 0 Å². The molecule has 2 aromatic rings. The van der Waals surface area contributed by atoms with Crippen LogP contribution in [0.5, 0.6) is 0 Å². The zero-order chi connectivity index (χ0) is 12.8. The third-order valence-corrected chi connectivity index (χ3v) is 3.26. The van der Waals surface area contributed by atoms with Gasteiger partial charge < -0.3 is 5.32 Å². The number of carbonyl (C=O) groups is 1. The Hall–Kier alpha value is -2.13. The van der Waals surface area contributed by atoms with Gasteiger partial charge in [0.25, 0.3) is 0 Å². The van der Waals surface area contributed by atoms with Gasteiger partial charge in [-0.3, -0.25) is 9.48 Å². The Morgan fingerprint density at radius 2 is 2.44 bits per heavy atom. The predicted octanol–water partition coefficient (Wildman–Crippen LogP) is 2.04. The van der Waals surface area contributed by atoms with E-state index in [9.17, 15) is 4.79 Å². The van der Waals surface area contributed by atoms with Gasteiger partial charge >= 0.3 is 0 Å². The molecular weight excluding hydrogens is 248 g/mol. The average molecular weight is 260 g/mol. The summed E-state index contributed by atoms with van der Waals surface area (Å²) in [6.45, 7) is 0.186. The van der Waals surface area contributed by atoms with Gasteiger partial charge in [0.15, 0.2) is 5.82 Å². The minimum absolute atomic E-state index is 0.0643. The lowest BCUT2D eigenvalue weighted by molar-refractivity contribution is -0.116. The highest BCUT2D eigenvalue weighted by atomic mass is 32.1. The SMILES string of the molecule is N#CCn1ccc(NC(=O)CCc2cccs2)n1. The summed E-state index contributed by atoms with van der Waals surface area (Å²) < 4.78 is 1.48. The molecule has 0 unspecified atom stereocenters. The first-order valence-corrected chi connectivity index (χ1v) is 6.38. The number of aryl methyl sites for hydroxylation is 1. The summed E-state index contributed by atoms with van der Waals surface area (Å²) in [5, 5.41) is 17.3. The lowest BCUT2D eigenvalue weighted by atomic mass is 10.2. The first-order valence-electron chi connectivity index (χ1n) is 5.50. The lowest BCUT2D eigenvalue weighted by Crippen LogP contribution is -2.12.